The van der Waals surface area contributed by atoms with Gasteiger partial charge in [0.2, 0.25) is 5.91 Å². The maximum Gasteiger partial charge on any atom is 0.244 e. The van der Waals surface area contributed by atoms with E-state index in [1.165, 1.54) is 30.3 Å². The summed E-state index contributed by atoms with van der Waals surface area (Å²) in [5.74, 6) is -0.518. The fraction of sp³-hybridized carbons (Fsp3) is 0.100. The zero-order valence-corrected chi connectivity index (χ0v) is 14.1. The van der Waals surface area contributed by atoms with Gasteiger partial charge >= 0.3 is 0 Å². The van der Waals surface area contributed by atoms with E-state index in [-0.39, 0.29) is 11.7 Å². The summed E-state index contributed by atoms with van der Waals surface area (Å²) in [5.41, 5.74) is 1.28. The number of carbonyl (C=O) groups excluding carboxylic acids is 1. The number of hydrogen-bond acceptors (Lipinski definition) is 2. The molecule has 0 aliphatic carbocycles. The molecule has 0 bridgehead atoms. The number of nitrogens with one attached hydrogen (secondary N) is 1. The second-order valence-corrected chi connectivity index (χ2v) is 5.78. The molecule has 0 unspecified atom stereocenters. The minimum Gasteiger partial charge on any atom is -0.339 e. The van der Waals surface area contributed by atoms with Crippen LogP contribution in [0, 0.1) is 11.6 Å². The van der Waals surface area contributed by atoms with Crippen LogP contribution in [0.5, 0.6) is 0 Å². The van der Waals surface area contributed by atoms with Crippen LogP contribution in [0.1, 0.15) is 23.0 Å². The van der Waals surface area contributed by atoms with Gasteiger partial charge in [-0.25, -0.2) is 13.8 Å². The van der Waals surface area contributed by atoms with E-state index in [4.69, 9.17) is 0 Å². The van der Waals surface area contributed by atoms with Gasteiger partial charge in [-0.2, -0.15) is 0 Å². The smallest absolute Gasteiger partial charge is 0.244 e. The van der Waals surface area contributed by atoms with E-state index >= 15 is 0 Å². The predicted molar refractivity (Wildman–Crippen MR) is 95.0 cm³/mol. The summed E-state index contributed by atoms with van der Waals surface area (Å²) in [4.78, 5) is 16.6. The van der Waals surface area contributed by atoms with Crippen molar-refractivity contribution >= 4 is 12.0 Å². The third-order valence-electron chi connectivity index (χ3n) is 3.88. The lowest BCUT2D eigenvalue weighted by Gasteiger charge is -2.18. The number of hydrogen-bond donors (Lipinski definition) is 1. The number of halogens is 2. The molecule has 1 N–H and O–H groups in total. The summed E-state index contributed by atoms with van der Waals surface area (Å²) in [5, 5.41) is 2.84. The summed E-state index contributed by atoms with van der Waals surface area (Å²) in [6, 6.07) is 11.2. The monoisotopic (exact) mass is 353 g/mol. The zero-order valence-electron chi connectivity index (χ0n) is 14.1. The van der Waals surface area contributed by atoms with E-state index < -0.39 is 11.9 Å². The molecule has 2 aromatic carbocycles. The highest BCUT2D eigenvalue weighted by Gasteiger charge is 2.20. The van der Waals surface area contributed by atoms with Gasteiger partial charge in [0.25, 0.3) is 0 Å². The van der Waals surface area contributed by atoms with E-state index in [9.17, 15) is 13.6 Å². The van der Waals surface area contributed by atoms with Crippen molar-refractivity contribution in [3.05, 3.63) is 95.6 Å². The van der Waals surface area contributed by atoms with E-state index in [0.29, 0.717) is 17.0 Å². The molecule has 0 saturated carbocycles. The Balaban J connectivity index is 1.82. The van der Waals surface area contributed by atoms with Gasteiger partial charge in [0.15, 0.2) is 0 Å². The molecule has 1 amide bonds. The van der Waals surface area contributed by atoms with Crippen LogP contribution in [0.3, 0.4) is 0 Å². The lowest BCUT2D eigenvalue weighted by atomic mass is 10.1. The molecular formula is C20H17F2N3O. The first kappa shape index (κ1) is 17.5. The molecule has 6 heteroatoms. The number of aryl methyl sites for hydroxylation is 1. The maximum absolute atomic E-state index is 13.6. The largest absolute Gasteiger partial charge is 0.339 e. The van der Waals surface area contributed by atoms with Crippen molar-refractivity contribution in [1.29, 1.82) is 0 Å². The molecule has 3 aromatic rings. The number of nitrogens with zero attached hydrogens (tertiary/aromatic N) is 2. The summed E-state index contributed by atoms with van der Waals surface area (Å²) in [6.07, 6.45) is 6.29. The second kappa shape index (κ2) is 7.74. The van der Waals surface area contributed by atoms with Crippen molar-refractivity contribution in [2.75, 3.05) is 0 Å². The molecule has 132 valence electrons. The minimum absolute atomic E-state index is 0.340. The second-order valence-electron chi connectivity index (χ2n) is 5.78. The Kier molecular flexibility index (Phi) is 5.22. The highest BCUT2D eigenvalue weighted by atomic mass is 19.1. The SMILES string of the molecule is Cn1ccnc1[C@@H](NC(=O)/C=C/c1ccc(F)cc1)c1cccc(F)c1. The van der Waals surface area contributed by atoms with Crippen molar-refractivity contribution in [3.63, 3.8) is 0 Å². The first-order chi connectivity index (χ1) is 12.5. The average molecular weight is 353 g/mol. The van der Waals surface area contributed by atoms with Crippen LogP contribution in [0.2, 0.25) is 0 Å². The van der Waals surface area contributed by atoms with Crippen molar-refractivity contribution in [2.45, 2.75) is 6.04 Å². The van der Waals surface area contributed by atoms with Crippen molar-refractivity contribution < 1.29 is 13.6 Å². The number of aromatic nitrogens is 2. The van der Waals surface area contributed by atoms with Gasteiger partial charge < -0.3 is 9.88 Å². The third kappa shape index (κ3) is 4.22. The predicted octanol–water partition coefficient (Wildman–Crippen LogP) is 3.62. The first-order valence-corrected chi connectivity index (χ1v) is 8.00. The van der Waals surface area contributed by atoms with Crippen LogP contribution < -0.4 is 5.32 Å². The summed E-state index contributed by atoms with van der Waals surface area (Å²) in [6.45, 7) is 0. The van der Waals surface area contributed by atoms with Gasteiger partial charge in [-0.05, 0) is 41.5 Å². The molecule has 1 atom stereocenters. The van der Waals surface area contributed by atoms with Crippen LogP contribution in [-0.4, -0.2) is 15.5 Å². The Morgan fingerprint density at radius 1 is 1.15 bits per heavy atom. The molecule has 26 heavy (non-hydrogen) atoms. The molecule has 1 aromatic heterocycles. The average Bonchev–Trinajstić information content (AvgIpc) is 3.05. The van der Waals surface area contributed by atoms with Crippen LogP contribution >= 0.6 is 0 Å². The van der Waals surface area contributed by atoms with Crippen LogP contribution in [0.15, 0.2) is 67.0 Å². The lowest BCUT2D eigenvalue weighted by molar-refractivity contribution is -0.117. The summed E-state index contributed by atoms with van der Waals surface area (Å²) >= 11 is 0. The van der Waals surface area contributed by atoms with E-state index in [1.54, 1.807) is 54.3 Å². The number of benzene rings is 2. The Labute approximate surface area is 149 Å². The van der Waals surface area contributed by atoms with Crippen LogP contribution in [0.4, 0.5) is 8.78 Å². The molecule has 3 rings (SSSR count). The maximum atomic E-state index is 13.6. The van der Waals surface area contributed by atoms with Gasteiger partial charge in [0, 0.05) is 25.5 Å². The normalized spacial score (nSPS) is 12.3. The fourth-order valence-corrected chi connectivity index (χ4v) is 2.57. The highest BCUT2D eigenvalue weighted by Crippen LogP contribution is 2.21. The summed E-state index contributed by atoms with van der Waals surface area (Å²) < 4.78 is 28.3. The molecule has 0 aliphatic heterocycles. The molecule has 0 radical (unpaired) electrons. The number of amides is 1. The number of carbonyl (C=O) groups is 1. The van der Waals surface area contributed by atoms with Crippen molar-refractivity contribution in [2.24, 2.45) is 7.05 Å². The number of rotatable bonds is 5. The minimum atomic E-state index is -0.601. The van der Waals surface area contributed by atoms with Gasteiger partial charge in [-0.3, -0.25) is 4.79 Å². The van der Waals surface area contributed by atoms with Crippen molar-refractivity contribution in [3.8, 4) is 0 Å². The van der Waals surface area contributed by atoms with E-state index in [2.05, 4.69) is 10.3 Å². The number of imidazole rings is 1. The van der Waals surface area contributed by atoms with Gasteiger partial charge in [0.05, 0.1) is 0 Å². The Morgan fingerprint density at radius 2 is 1.92 bits per heavy atom. The molecule has 0 aliphatic rings. The molecule has 1 heterocycles. The zero-order chi connectivity index (χ0) is 18.5. The van der Waals surface area contributed by atoms with Gasteiger partial charge in [-0.1, -0.05) is 24.3 Å². The van der Waals surface area contributed by atoms with Crippen molar-refractivity contribution in [1.82, 2.24) is 14.9 Å². The lowest BCUT2D eigenvalue weighted by Crippen LogP contribution is -2.29. The molecular weight excluding hydrogens is 336 g/mol. The molecule has 4 nitrogen and oxygen atoms in total. The van der Waals surface area contributed by atoms with Crippen LogP contribution in [0.25, 0.3) is 6.08 Å². The Morgan fingerprint density at radius 3 is 2.58 bits per heavy atom. The fourth-order valence-electron chi connectivity index (χ4n) is 2.57. The first-order valence-electron chi connectivity index (χ1n) is 8.00. The van der Waals surface area contributed by atoms with Crippen LogP contribution in [-0.2, 0) is 11.8 Å². The topological polar surface area (TPSA) is 46.9 Å². The van der Waals surface area contributed by atoms with Gasteiger partial charge in [-0.15, -0.1) is 0 Å². The third-order valence-corrected chi connectivity index (χ3v) is 3.88. The Bertz CT molecular complexity index is 932. The highest BCUT2D eigenvalue weighted by molar-refractivity contribution is 5.92. The quantitative estimate of drug-likeness (QED) is 0.712. The summed E-state index contributed by atoms with van der Waals surface area (Å²) in [7, 11) is 1.80. The molecule has 0 spiro atoms. The standard InChI is InChI=1S/C20H17F2N3O/c1-25-12-11-23-20(25)19(15-3-2-4-17(22)13-15)24-18(26)10-7-14-5-8-16(21)9-6-14/h2-13,19H,1H3,(H,24,26)/b10-7+/t19-/m0/s1. The van der Waals surface area contributed by atoms with E-state index in [0.717, 1.165) is 0 Å². The molecule has 0 saturated heterocycles. The van der Waals surface area contributed by atoms with Gasteiger partial charge in [0.1, 0.15) is 23.5 Å². The Hall–Kier alpha value is -3.28. The van der Waals surface area contributed by atoms with E-state index in [1.807, 2.05) is 0 Å². The molecule has 0 fully saturated rings.